The van der Waals surface area contributed by atoms with E-state index in [-0.39, 0.29) is 17.3 Å². The van der Waals surface area contributed by atoms with Crippen molar-refractivity contribution < 1.29 is 5.11 Å². The van der Waals surface area contributed by atoms with E-state index in [0.717, 1.165) is 12.8 Å². The molecule has 0 unspecified atom stereocenters. The predicted molar refractivity (Wildman–Crippen MR) is 46.7 cm³/mol. The fourth-order valence-electron chi connectivity index (χ4n) is 1.13. The SMILES string of the molecule is N=C(N)c1nc(C2CC2)ncc1O. The molecule has 1 fully saturated rings. The fraction of sp³-hybridized carbons (Fsp3) is 0.375. The van der Waals surface area contributed by atoms with E-state index in [1.807, 2.05) is 0 Å². The Kier molecular flexibility index (Phi) is 1.65. The highest BCUT2D eigenvalue weighted by atomic mass is 16.3. The summed E-state index contributed by atoms with van der Waals surface area (Å²) in [7, 11) is 0. The monoisotopic (exact) mass is 178 g/mol. The minimum atomic E-state index is -0.221. The number of nitrogen functional groups attached to an aromatic ring is 1. The third-order valence-corrected chi connectivity index (χ3v) is 1.99. The number of nitrogens with two attached hydrogens (primary N) is 1. The molecule has 2 rings (SSSR count). The molecule has 13 heavy (non-hydrogen) atoms. The number of rotatable bonds is 2. The summed E-state index contributed by atoms with van der Waals surface area (Å²) in [5.74, 6) is 0.736. The summed E-state index contributed by atoms with van der Waals surface area (Å²) < 4.78 is 0. The molecule has 1 saturated carbocycles. The zero-order valence-corrected chi connectivity index (χ0v) is 6.99. The number of nitrogens with one attached hydrogen (secondary N) is 1. The van der Waals surface area contributed by atoms with E-state index in [1.165, 1.54) is 6.20 Å². The van der Waals surface area contributed by atoms with Gasteiger partial charge in [-0.15, -0.1) is 0 Å². The number of nitrogens with zero attached hydrogens (tertiary/aromatic N) is 2. The van der Waals surface area contributed by atoms with Gasteiger partial charge in [-0.05, 0) is 12.8 Å². The summed E-state index contributed by atoms with van der Waals surface area (Å²) in [5.41, 5.74) is 5.37. The van der Waals surface area contributed by atoms with E-state index >= 15 is 0 Å². The van der Waals surface area contributed by atoms with Gasteiger partial charge in [-0.1, -0.05) is 0 Å². The van der Waals surface area contributed by atoms with Crippen LogP contribution in [0.5, 0.6) is 5.75 Å². The van der Waals surface area contributed by atoms with Gasteiger partial charge in [0.05, 0.1) is 6.20 Å². The Morgan fingerprint density at radius 1 is 1.62 bits per heavy atom. The molecular formula is C8H10N4O. The average molecular weight is 178 g/mol. The van der Waals surface area contributed by atoms with Crippen molar-refractivity contribution in [2.75, 3.05) is 0 Å². The van der Waals surface area contributed by atoms with Gasteiger partial charge in [0.1, 0.15) is 17.4 Å². The van der Waals surface area contributed by atoms with E-state index in [0.29, 0.717) is 11.7 Å². The Bertz CT molecular complexity index is 359. The molecule has 0 bridgehead atoms. The van der Waals surface area contributed by atoms with Crippen molar-refractivity contribution in [1.82, 2.24) is 9.97 Å². The first kappa shape index (κ1) is 7.97. The zero-order chi connectivity index (χ0) is 9.42. The lowest BCUT2D eigenvalue weighted by Crippen LogP contribution is -2.14. The summed E-state index contributed by atoms with van der Waals surface area (Å²) in [4.78, 5) is 7.99. The van der Waals surface area contributed by atoms with Crippen molar-refractivity contribution in [3.8, 4) is 5.75 Å². The van der Waals surface area contributed by atoms with Crippen LogP contribution in [-0.2, 0) is 0 Å². The van der Waals surface area contributed by atoms with Crippen LogP contribution in [0.15, 0.2) is 6.20 Å². The number of hydrogen-bond donors (Lipinski definition) is 3. The highest BCUT2D eigenvalue weighted by Crippen LogP contribution is 2.38. The van der Waals surface area contributed by atoms with Gasteiger partial charge < -0.3 is 10.8 Å². The largest absolute Gasteiger partial charge is 0.504 e. The minimum absolute atomic E-state index is 0.128. The molecule has 1 aromatic heterocycles. The molecule has 0 aromatic carbocycles. The molecular weight excluding hydrogens is 168 g/mol. The lowest BCUT2D eigenvalue weighted by molar-refractivity contribution is 0.466. The van der Waals surface area contributed by atoms with Crippen molar-refractivity contribution in [3.63, 3.8) is 0 Å². The average Bonchev–Trinajstić information content (AvgIpc) is 2.87. The smallest absolute Gasteiger partial charge is 0.163 e. The highest BCUT2D eigenvalue weighted by molar-refractivity contribution is 5.95. The lowest BCUT2D eigenvalue weighted by Gasteiger charge is -2.02. The third-order valence-electron chi connectivity index (χ3n) is 1.99. The molecule has 4 N–H and O–H groups in total. The van der Waals surface area contributed by atoms with Gasteiger partial charge in [0.25, 0.3) is 0 Å². The Balaban J connectivity index is 2.41. The first-order chi connectivity index (χ1) is 6.18. The van der Waals surface area contributed by atoms with Crippen LogP contribution in [0.25, 0.3) is 0 Å². The minimum Gasteiger partial charge on any atom is -0.504 e. The number of amidine groups is 1. The molecule has 1 aliphatic rings. The summed E-state index contributed by atoms with van der Waals surface area (Å²) in [6.07, 6.45) is 3.47. The van der Waals surface area contributed by atoms with Gasteiger partial charge in [0.15, 0.2) is 5.75 Å². The normalized spacial score (nSPS) is 15.7. The molecule has 0 atom stereocenters. The molecule has 68 valence electrons. The van der Waals surface area contributed by atoms with Gasteiger partial charge in [-0.2, -0.15) is 0 Å². The Morgan fingerprint density at radius 2 is 2.31 bits per heavy atom. The van der Waals surface area contributed by atoms with E-state index in [9.17, 15) is 5.11 Å². The Morgan fingerprint density at radius 3 is 2.85 bits per heavy atom. The number of hydrogen-bond acceptors (Lipinski definition) is 4. The van der Waals surface area contributed by atoms with Gasteiger partial charge in [-0.25, -0.2) is 9.97 Å². The molecule has 1 aliphatic carbocycles. The molecule has 0 aliphatic heterocycles. The Hall–Kier alpha value is -1.65. The number of aromatic nitrogens is 2. The molecule has 0 spiro atoms. The highest BCUT2D eigenvalue weighted by Gasteiger charge is 2.27. The summed E-state index contributed by atoms with van der Waals surface area (Å²) in [6.45, 7) is 0. The second-order valence-electron chi connectivity index (χ2n) is 3.15. The van der Waals surface area contributed by atoms with E-state index in [2.05, 4.69) is 9.97 Å². The van der Waals surface area contributed by atoms with Crippen LogP contribution in [-0.4, -0.2) is 20.9 Å². The van der Waals surface area contributed by atoms with Crippen LogP contribution in [0.1, 0.15) is 30.3 Å². The van der Waals surface area contributed by atoms with Crippen molar-refractivity contribution in [3.05, 3.63) is 17.7 Å². The summed E-state index contributed by atoms with van der Waals surface area (Å²) >= 11 is 0. The molecule has 0 saturated heterocycles. The third kappa shape index (κ3) is 1.44. The molecule has 5 nitrogen and oxygen atoms in total. The van der Waals surface area contributed by atoms with Gasteiger partial charge in [0.2, 0.25) is 0 Å². The quantitative estimate of drug-likeness (QED) is 0.449. The van der Waals surface area contributed by atoms with Crippen LogP contribution in [0.2, 0.25) is 0 Å². The lowest BCUT2D eigenvalue weighted by atomic mass is 10.3. The van der Waals surface area contributed by atoms with Gasteiger partial charge in [0, 0.05) is 5.92 Å². The predicted octanol–water partition coefficient (Wildman–Crippen LogP) is 0.344. The van der Waals surface area contributed by atoms with Crippen LogP contribution < -0.4 is 5.73 Å². The van der Waals surface area contributed by atoms with E-state index in [4.69, 9.17) is 11.1 Å². The molecule has 0 amide bonds. The van der Waals surface area contributed by atoms with Crippen molar-refractivity contribution in [2.24, 2.45) is 5.73 Å². The van der Waals surface area contributed by atoms with Crippen LogP contribution in [0, 0.1) is 5.41 Å². The summed E-state index contributed by atoms with van der Waals surface area (Å²) in [6, 6.07) is 0. The fourth-order valence-corrected chi connectivity index (χ4v) is 1.13. The molecule has 0 radical (unpaired) electrons. The maximum atomic E-state index is 9.26. The topological polar surface area (TPSA) is 95.9 Å². The van der Waals surface area contributed by atoms with Crippen LogP contribution in [0.3, 0.4) is 0 Å². The van der Waals surface area contributed by atoms with Crippen LogP contribution >= 0.6 is 0 Å². The number of aromatic hydroxyl groups is 1. The summed E-state index contributed by atoms with van der Waals surface area (Å²) in [5, 5.41) is 16.4. The molecule has 5 heteroatoms. The van der Waals surface area contributed by atoms with E-state index < -0.39 is 0 Å². The molecule has 1 aromatic rings. The second-order valence-corrected chi connectivity index (χ2v) is 3.15. The van der Waals surface area contributed by atoms with Crippen molar-refractivity contribution >= 4 is 5.84 Å². The molecule has 1 heterocycles. The van der Waals surface area contributed by atoms with Crippen molar-refractivity contribution in [1.29, 1.82) is 5.41 Å². The first-order valence-corrected chi connectivity index (χ1v) is 4.09. The van der Waals surface area contributed by atoms with E-state index in [1.54, 1.807) is 0 Å². The van der Waals surface area contributed by atoms with Crippen molar-refractivity contribution in [2.45, 2.75) is 18.8 Å². The first-order valence-electron chi connectivity index (χ1n) is 4.09. The zero-order valence-electron chi connectivity index (χ0n) is 6.99. The maximum Gasteiger partial charge on any atom is 0.163 e. The Labute approximate surface area is 75.1 Å². The van der Waals surface area contributed by atoms with Gasteiger partial charge in [-0.3, -0.25) is 5.41 Å². The van der Waals surface area contributed by atoms with Crippen LogP contribution in [0.4, 0.5) is 0 Å². The van der Waals surface area contributed by atoms with Gasteiger partial charge >= 0.3 is 0 Å². The second kappa shape index (κ2) is 2.69. The standard InChI is InChI=1S/C8H10N4O/c9-7(10)6-5(13)3-11-8(12-6)4-1-2-4/h3-4,13H,1-2H2,(H3,9,10). The maximum absolute atomic E-state index is 9.26.